The molecule has 0 unspecified atom stereocenters. The second-order valence-corrected chi connectivity index (χ2v) is 28.8. The minimum Gasteiger partial charge on any atom is -0.435 e. The minimum atomic E-state index is -5.10. The molecule has 45 heteroatoms. The summed E-state index contributed by atoms with van der Waals surface area (Å²) in [6, 6.07) is 46.6. The van der Waals surface area contributed by atoms with Gasteiger partial charge >= 0.3 is 57.5 Å². The molecule has 0 atom stereocenters. The van der Waals surface area contributed by atoms with Crippen molar-refractivity contribution in [3.63, 3.8) is 0 Å². The molecule has 12 rings (SSSR count). The van der Waals surface area contributed by atoms with Crippen LogP contribution in [0, 0.1) is 153 Å². The molecule has 0 amide bonds. The van der Waals surface area contributed by atoms with Crippen LogP contribution >= 0.6 is 34.8 Å². The summed E-state index contributed by atoms with van der Waals surface area (Å²) < 4.78 is 456. The molecule has 0 fully saturated rings. The number of hydrogen-bond acceptors (Lipinski definition) is 6. The topological polar surface area (TPSA) is 55.4 Å². The predicted octanol–water partition coefficient (Wildman–Crippen LogP) is 35.1. The van der Waals surface area contributed by atoms with E-state index in [1.807, 2.05) is 45.0 Å². The van der Waals surface area contributed by atoms with Gasteiger partial charge < -0.3 is 28.4 Å². The van der Waals surface area contributed by atoms with E-state index in [1.54, 1.807) is 71.0 Å². The van der Waals surface area contributed by atoms with Crippen LogP contribution in [0.3, 0.4) is 0 Å². The molecule has 756 valence electrons. The molecule has 0 aliphatic heterocycles. The number of benzene rings is 12. The summed E-state index contributed by atoms with van der Waals surface area (Å²) >= 11 is 16.2. The number of aryl methyl sites for hydroxylation is 12. The van der Waals surface area contributed by atoms with Crippen molar-refractivity contribution in [2.75, 3.05) is 0 Å². The first-order valence-electron chi connectivity index (χ1n) is 37.7. The molecule has 0 saturated heterocycles. The maximum Gasteiger partial charge on any atom is 0.573 e. The lowest BCUT2D eigenvalue weighted by atomic mass is 10.1. The molecular formula is C93H75Cl3F36O6. The Morgan fingerprint density at radius 3 is 0.826 bits per heavy atom. The summed E-state index contributed by atoms with van der Waals surface area (Å²) in [6.07, 6.45) is -28.4. The van der Waals surface area contributed by atoms with Crippen LogP contribution in [0.5, 0.6) is 34.5 Å². The van der Waals surface area contributed by atoms with Gasteiger partial charge in [0.2, 0.25) is 5.75 Å². The zero-order valence-electron chi connectivity index (χ0n) is 72.7. The predicted molar refractivity (Wildman–Crippen MR) is 444 cm³/mol. The van der Waals surface area contributed by atoms with Gasteiger partial charge in [-0.2, -0.15) is 65.9 Å². The first-order chi connectivity index (χ1) is 63.2. The molecule has 0 bridgehead atoms. The smallest absolute Gasteiger partial charge is 0.435 e. The molecule has 0 N–H and O–H groups in total. The Kier molecular flexibility index (Phi) is 51.3. The zero-order valence-corrected chi connectivity index (χ0v) is 75.0. The zero-order chi connectivity index (χ0) is 106. The number of rotatable bonds is 9. The number of alkyl halides is 24. The van der Waals surface area contributed by atoms with E-state index in [9.17, 15) is 158 Å². The van der Waals surface area contributed by atoms with Crippen LogP contribution in [0.1, 0.15) is 83.5 Å². The van der Waals surface area contributed by atoms with Gasteiger partial charge in [0, 0.05) is 5.02 Å². The lowest BCUT2D eigenvalue weighted by molar-refractivity contribution is -0.277. The molecule has 0 spiro atoms. The van der Waals surface area contributed by atoms with Crippen molar-refractivity contribution >= 4 is 34.8 Å². The second kappa shape index (κ2) is 57.2. The molecule has 0 heterocycles. The van der Waals surface area contributed by atoms with Gasteiger partial charge in [0.15, 0.2) is 52.2 Å². The standard InChI is InChI=1S/C8H5F5O.C8H5F5.2C8H6F4O.C8H6F4.2C8H7F3O.C8H7F3.C8H8F2O.C7H5ClF2.C7H6ClF.C7H7Cl/c1-4-2-5(9)7(6(10)3-4)14-8(11,12)13;1-4-2-5(9)7(6(10)3-4)8(11,12)13;1-4-2-5(9)7(6(10)3-4)13-8(11)12;1-5-2-3-7(6(9)4-5)13-8(10,11)12;1-5-2-3-6(7(9)4-5)8(10,11)12;1-6-2-4-7(5-3-6)12-8(9,10)11;1-5-2-3-7(6(9)4-5)12-8(10)11;1-6-2-4-7(5-3-6)8(9,10)11;1-6-2-4-7(5-3-6)11-8(9)10;1-4-2-5(9)7(8)6(10)3-4;1-5-2-3-6(8)7(9)4-5;1-6-2-4-7(8)5-3-6/h2-3H,1H3;2-3H,1H3;2-3,8H,1H3;2-4H,1H3;2-4H,1H3;2-5H,1H3;2-4,8H,1H3;2-5H,1H3;2-5,8H,1H3;2-3H,1H3;2-4H,1H3;2-5H,1H3. The van der Waals surface area contributed by atoms with Crippen LogP contribution in [0.25, 0.3) is 0 Å². The van der Waals surface area contributed by atoms with Crippen molar-refractivity contribution in [3.05, 3.63) is 387 Å². The molecular weight excluding hydrogens is 2000 g/mol. The van der Waals surface area contributed by atoms with E-state index >= 15 is 0 Å². The molecule has 12 aromatic rings. The van der Waals surface area contributed by atoms with Gasteiger partial charge in [-0.25, -0.2) is 52.7 Å². The van der Waals surface area contributed by atoms with Gasteiger partial charge in [0.05, 0.1) is 16.1 Å². The Labute approximate surface area is 779 Å². The highest BCUT2D eigenvalue weighted by Crippen LogP contribution is 2.37. The largest absolute Gasteiger partial charge is 0.573 e. The maximum absolute atomic E-state index is 12.8. The van der Waals surface area contributed by atoms with Crippen LogP contribution in [-0.4, -0.2) is 38.9 Å². The average Bonchev–Trinajstić information content (AvgIpc) is 0.806. The van der Waals surface area contributed by atoms with E-state index in [0.717, 1.165) is 94.0 Å². The summed E-state index contributed by atoms with van der Waals surface area (Å²) in [4.78, 5) is 0. The van der Waals surface area contributed by atoms with Gasteiger partial charge in [0.1, 0.15) is 57.0 Å². The SMILES string of the molecule is Cc1cc(F)c(C(F)(F)F)c(F)c1.Cc1cc(F)c(Cl)c(F)c1.Cc1cc(F)c(OC(F)(F)F)c(F)c1.Cc1cc(F)c(OC(F)F)c(F)c1.Cc1ccc(C(F)(F)F)c(F)c1.Cc1ccc(C(F)(F)F)cc1.Cc1ccc(Cl)c(F)c1.Cc1ccc(Cl)cc1.Cc1ccc(OC(F)(F)F)c(F)c1.Cc1ccc(OC(F)(F)F)cc1.Cc1ccc(OC(F)F)c(F)c1.Cc1ccc(OC(F)F)cc1. The van der Waals surface area contributed by atoms with E-state index < -0.39 is 166 Å². The molecule has 12 aromatic carbocycles. The Hall–Kier alpha value is -12.2. The molecule has 0 aromatic heterocycles. The third-order valence-corrected chi connectivity index (χ3v) is 16.2. The van der Waals surface area contributed by atoms with Gasteiger partial charge in [-0.15, -0.1) is 39.5 Å². The fraction of sp³-hybridized carbons (Fsp3) is 0.226. The lowest BCUT2D eigenvalue weighted by Crippen LogP contribution is -2.19. The first-order valence-corrected chi connectivity index (χ1v) is 38.8. The van der Waals surface area contributed by atoms with Gasteiger partial charge in [0.25, 0.3) is 0 Å². The Morgan fingerprint density at radius 2 is 0.514 bits per heavy atom. The van der Waals surface area contributed by atoms with Gasteiger partial charge in [-0.1, -0.05) is 130 Å². The van der Waals surface area contributed by atoms with Crippen LogP contribution < -0.4 is 28.4 Å². The van der Waals surface area contributed by atoms with E-state index in [-0.39, 0.29) is 33.5 Å². The summed E-state index contributed by atoms with van der Waals surface area (Å²) in [5, 5.41) is 0.543. The lowest BCUT2D eigenvalue weighted by Gasteiger charge is -2.10. The van der Waals surface area contributed by atoms with Crippen LogP contribution in [0.2, 0.25) is 15.1 Å². The van der Waals surface area contributed by atoms with Crippen LogP contribution in [0.15, 0.2) is 218 Å². The molecule has 0 saturated carbocycles. The maximum atomic E-state index is 12.8. The number of ether oxygens (including phenoxy) is 6. The van der Waals surface area contributed by atoms with Crippen molar-refractivity contribution in [3.8, 4) is 34.5 Å². The number of hydrogen-bond donors (Lipinski definition) is 0. The van der Waals surface area contributed by atoms with Crippen LogP contribution in [0.4, 0.5) is 158 Å². The second-order valence-electron chi connectivity index (χ2n) is 27.6. The van der Waals surface area contributed by atoms with E-state index in [0.29, 0.717) is 39.9 Å². The Balaban J connectivity index is 0.000000754. The normalized spacial score (nSPS) is 10.9. The minimum absolute atomic E-state index is 0.114. The fourth-order valence-electron chi connectivity index (χ4n) is 9.24. The quantitative estimate of drug-likeness (QED) is 0.106. The summed E-state index contributed by atoms with van der Waals surface area (Å²) in [5.41, 5.74) is 4.02. The third-order valence-electron chi connectivity index (χ3n) is 15.3. The Bertz CT molecular complexity index is 5580. The summed E-state index contributed by atoms with van der Waals surface area (Å²) in [7, 11) is 0. The molecule has 6 nitrogen and oxygen atoms in total. The molecule has 0 aliphatic carbocycles. The van der Waals surface area contributed by atoms with E-state index in [1.165, 1.54) is 112 Å². The highest BCUT2D eigenvalue weighted by molar-refractivity contribution is 6.31. The monoisotopic (exact) mass is 2080 g/mol. The highest BCUT2D eigenvalue weighted by Gasteiger charge is 2.39. The fourth-order valence-corrected chi connectivity index (χ4v) is 9.59. The van der Waals surface area contributed by atoms with Crippen molar-refractivity contribution < 1.29 is 186 Å². The van der Waals surface area contributed by atoms with Gasteiger partial charge in [-0.3, -0.25) is 0 Å². The molecule has 138 heavy (non-hydrogen) atoms. The third kappa shape index (κ3) is 52.4. The van der Waals surface area contributed by atoms with Gasteiger partial charge in [-0.05, 0) is 273 Å². The summed E-state index contributed by atoms with van der Waals surface area (Å²) in [6.45, 7) is 10.8. The van der Waals surface area contributed by atoms with Crippen molar-refractivity contribution in [1.29, 1.82) is 0 Å². The van der Waals surface area contributed by atoms with E-state index in [4.69, 9.17) is 34.8 Å². The van der Waals surface area contributed by atoms with Crippen molar-refractivity contribution in [1.82, 2.24) is 0 Å². The molecule has 0 radical (unpaired) electrons. The van der Waals surface area contributed by atoms with Crippen LogP contribution in [-0.2, 0) is 18.5 Å². The van der Waals surface area contributed by atoms with Crippen molar-refractivity contribution in [2.45, 2.75) is 141 Å². The average molecular weight is 2080 g/mol. The molecule has 0 aliphatic rings. The first kappa shape index (κ1) is 124. The number of halogens is 39. The van der Waals surface area contributed by atoms with E-state index in [2.05, 4.69) is 28.4 Å². The Morgan fingerprint density at radius 1 is 0.225 bits per heavy atom. The van der Waals surface area contributed by atoms with Crippen molar-refractivity contribution in [2.24, 2.45) is 0 Å². The summed E-state index contributed by atoms with van der Waals surface area (Å²) in [5.74, 6) is -16.6. The highest BCUT2D eigenvalue weighted by atomic mass is 35.5.